The number of benzene rings is 2. The number of sulfonamides is 1. The predicted molar refractivity (Wildman–Crippen MR) is 138 cm³/mol. The molecule has 1 heterocycles. The maximum atomic E-state index is 13.2. The molecular formula is C25H25ClN2O6S2. The number of hydrogen-bond donors (Lipinski definition) is 2. The summed E-state index contributed by atoms with van der Waals surface area (Å²) in [7, 11) is -0.979. The Kier molecular flexibility index (Phi) is 7.53. The predicted octanol–water partition coefficient (Wildman–Crippen LogP) is 4.08. The number of rotatable bonds is 10. The summed E-state index contributed by atoms with van der Waals surface area (Å²) in [4.78, 5) is 27.6. The molecule has 0 bridgehead atoms. The summed E-state index contributed by atoms with van der Waals surface area (Å²) in [6, 6.07) is 16.8. The Balaban J connectivity index is 1.60. The van der Waals surface area contributed by atoms with Gasteiger partial charge in [0.25, 0.3) is 15.9 Å². The van der Waals surface area contributed by atoms with Crippen LogP contribution in [0.3, 0.4) is 0 Å². The van der Waals surface area contributed by atoms with Crippen LogP contribution in [0.4, 0.5) is 0 Å². The van der Waals surface area contributed by atoms with E-state index in [4.69, 9.17) is 16.3 Å². The van der Waals surface area contributed by atoms with E-state index in [2.05, 4.69) is 4.72 Å². The summed E-state index contributed by atoms with van der Waals surface area (Å²) >= 11 is 6.97. The summed E-state index contributed by atoms with van der Waals surface area (Å²) in [6.07, 6.45) is 0.0308. The third kappa shape index (κ3) is 5.18. The van der Waals surface area contributed by atoms with Crippen molar-refractivity contribution in [3.05, 3.63) is 76.8 Å². The van der Waals surface area contributed by atoms with E-state index < -0.39 is 27.4 Å². The van der Waals surface area contributed by atoms with Gasteiger partial charge >= 0.3 is 5.97 Å². The molecule has 190 valence electrons. The van der Waals surface area contributed by atoms with Gasteiger partial charge in [-0.2, -0.15) is 4.72 Å². The number of likely N-dealkylation sites (N-methyl/N-ethyl adjacent to an activating group) is 1. The van der Waals surface area contributed by atoms with Gasteiger partial charge in [0.2, 0.25) is 0 Å². The summed E-state index contributed by atoms with van der Waals surface area (Å²) in [5.74, 6) is -2.28. The van der Waals surface area contributed by atoms with Gasteiger partial charge in [0.15, 0.2) is 0 Å². The number of nitrogens with zero attached hydrogens (tertiary/aromatic N) is 1. The Morgan fingerprint density at radius 3 is 2.53 bits per heavy atom. The fraction of sp³-hybridized carbons (Fsp3) is 0.280. The van der Waals surface area contributed by atoms with E-state index in [-0.39, 0.29) is 16.5 Å². The molecule has 0 spiro atoms. The highest BCUT2D eigenvalue weighted by Gasteiger charge is 2.64. The van der Waals surface area contributed by atoms with Crippen molar-refractivity contribution < 1.29 is 27.9 Å². The SMILES string of the molecule is COCCN(C)C(=O)c1ccccc1[C@@H]1C[C@]1(NS(=O)(=O)c1ccc(-c2ccc(Cl)cc2)s1)C(=O)O. The normalized spacial score (nSPS) is 19.1. The molecule has 3 aromatic rings. The number of carboxylic acids is 1. The minimum absolute atomic E-state index is 0.00221. The van der Waals surface area contributed by atoms with Crippen molar-refractivity contribution in [3.8, 4) is 10.4 Å². The number of halogens is 1. The lowest BCUT2D eigenvalue weighted by Gasteiger charge is -2.20. The second-order valence-electron chi connectivity index (χ2n) is 8.57. The molecule has 36 heavy (non-hydrogen) atoms. The molecule has 1 fully saturated rings. The number of carbonyl (C=O) groups is 2. The quantitative estimate of drug-likeness (QED) is 0.395. The number of aliphatic carboxylic acids is 1. The first-order valence-electron chi connectivity index (χ1n) is 11.1. The van der Waals surface area contributed by atoms with Crippen LogP contribution in [-0.4, -0.2) is 63.1 Å². The van der Waals surface area contributed by atoms with Crippen LogP contribution in [0, 0.1) is 0 Å². The first-order chi connectivity index (χ1) is 17.1. The van der Waals surface area contributed by atoms with Crippen molar-refractivity contribution in [3.63, 3.8) is 0 Å². The molecule has 1 aliphatic rings. The number of methoxy groups -OCH3 is 1. The molecular weight excluding hydrogens is 524 g/mol. The Morgan fingerprint density at radius 1 is 1.17 bits per heavy atom. The third-order valence-electron chi connectivity index (χ3n) is 6.18. The highest BCUT2D eigenvalue weighted by molar-refractivity contribution is 7.91. The van der Waals surface area contributed by atoms with Crippen molar-refractivity contribution in [1.29, 1.82) is 0 Å². The number of hydrogen-bond acceptors (Lipinski definition) is 6. The van der Waals surface area contributed by atoms with Crippen LogP contribution in [-0.2, 0) is 19.6 Å². The van der Waals surface area contributed by atoms with Gasteiger partial charge < -0.3 is 14.7 Å². The summed E-state index contributed by atoms with van der Waals surface area (Å²) in [5.41, 5.74) is -0.118. The van der Waals surface area contributed by atoms with E-state index in [0.717, 1.165) is 16.9 Å². The molecule has 1 amide bonds. The van der Waals surface area contributed by atoms with Crippen LogP contribution >= 0.6 is 22.9 Å². The molecule has 1 saturated carbocycles. The number of carboxylic acid groups (broad SMARTS) is 1. The topological polar surface area (TPSA) is 113 Å². The van der Waals surface area contributed by atoms with Crippen LogP contribution in [0.5, 0.6) is 0 Å². The average Bonchev–Trinajstić information content (AvgIpc) is 3.34. The van der Waals surface area contributed by atoms with Crippen molar-refractivity contribution in [2.24, 2.45) is 0 Å². The molecule has 8 nitrogen and oxygen atoms in total. The second-order valence-corrected chi connectivity index (χ2v) is 12.0. The molecule has 0 saturated heterocycles. The van der Waals surface area contributed by atoms with Crippen LogP contribution in [0.2, 0.25) is 5.02 Å². The average molecular weight is 549 g/mol. The fourth-order valence-corrected chi connectivity index (χ4v) is 6.93. The van der Waals surface area contributed by atoms with Crippen molar-refractivity contribution in [2.45, 2.75) is 22.1 Å². The van der Waals surface area contributed by atoms with E-state index in [1.165, 1.54) is 18.1 Å². The van der Waals surface area contributed by atoms with Crippen LogP contribution < -0.4 is 4.72 Å². The molecule has 2 aromatic carbocycles. The van der Waals surface area contributed by atoms with Gasteiger partial charge in [0.05, 0.1) is 6.61 Å². The Hall–Kier alpha value is -2.76. The smallest absolute Gasteiger partial charge is 0.325 e. The van der Waals surface area contributed by atoms with E-state index in [1.807, 2.05) is 0 Å². The van der Waals surface area contributed by atoms with Crippen LogP contribution in [0.15, 0.2) is 64.9 Å². The maximum absolute atomic E-state index is 13.2. The maximum Gasteiger partial charge on any atom is 0.325 e. The number of thiophene rings is 1. The zero-order chi connectivity index (χ0) is 26.1. The first-order valence-corrected chi connectivity index (χ1v) is 13.7. The molecule has 0 aliphatic heterocycles. The van der Waals surface area contributed by atoms with Crippen LogP contribution in [0.1, 0.15) is 28.3 Å². The molecule has 2 N–H and O–H groups in total. The summed E-state index contributed by atoms with van der Waals surface area (Å²) in [5, 5.41) is 10.6. The largest absolute Gasteiger partial charge is 0.480 e. The third-order valence-corrected chi connectivity index (χ3v) is 9.57. The minimum Gasteiger partial charge on any atom is -0.480 e. The van der Waals surface area contributed by atoms with Gasteiger partial charge in [0, 0.05) is 42.1 Å². The lowest BCUT2D eigenvalue weighted by Crippen LogP contribution is -2.44. The number of carbonyl (C=O) groups excluding carboxylic acids is 1. The van der Waals surface area contributed by atoms with Gasteiger partial charge in [-0.15, -0.1) is 11.3 Å². The lowest BCUT2D eigenvalue weighted by molar-refractivity contribution is -0.140. The van der Waals surface area contributed by atoms with E-state index in [9.17, 15) is 23.1 Å². The van der Waals surface area contributed by atoms with Crippen molar-refractivity contribution in [2.75, 3.05) is 27.3 Å². The van der Waals surface area contributed by atoms with E-state index >= 15 is 0 Å². The molecule has 4 rings (SSSR count). The zero-order valence-corrected chi connectivity index (χ0v) is 22.0. The van der Waals surface area contributed by atoms with Gasteiger partial charge in [-0.1, -0.05) is 41.9 Å². The second kappa shape index (κ2) is 10.3. The highest BCUT2D eigenvalue weighted by Crippen LogP contribution is 2.53. The van der Waals surface area contributed by atoms with Gasteiger partial charge in [-0.25, -0.2) is 8.42 Å². The monoisotopic (exact) mass is 548 g/mol. The van der Waals surface area contributed by atoms with Crippen molar-refractivity contribution >= 4 is 44.8 Å². The Morgan fingerprint density at radius 2 is 1.86 bits per heavy atom. The number of ether oxygens (including phenoxy) is 1. The zero-order valence-electron chi connectivity index (χ0n) is 19.6. The standard InChI is InChI=1S/C25H25ClN2O6S2/c1-28(13-14-34-2)23(29)19-6-4-3-5-18(19)20-15-25(20,24(30)31)27-36(32,33)22-12-11-21(35-22)16-7-9-17(26)10-8-16/h3-12,20,27H,13-15H2,1-2H3,(H,30,31)/t20-,25+/m0/s1. The number of nitrogens with one attached hydrogen (secondary N) is 1. The first kappa shape index (κ1) is 26.3. The van der Waals surface area contributed by atoms with Gasteiger partial charge in [0.1, 0.15) is 9.75 Å². The van der Waals surface area contributed by atoms with Gasteiger partial charge in [-0.3, -0.25) is 9.59 Å². The lowest BCUT2D eigenvalue weighted by atomic mass is 9.99. The Labute approximate surface area is 218 Å². The van der Waals surface area contributed by atoms with E-state index in [0.29, 0.717) is 34.2 Å². The number of amides is 1. The molecule has 0 unspecified atom stereocenters. The van der Waals surface area contributed by atoms with Gasteiger partial charge in [-0.05, 0) is 47.9 Å². The van der Waals surface area contributed by atoms with E-state index in [1.54, 1.807) is 61.6 Å². The molecule has 11 heteroatoms. The highest BCUT2D eigenvalue weighted by atomic mass is 35.5. The molecule has 1 aliphatic carbocycles. The van der Waals surface area contributed by atoms with Crippen LogP contribution in [0.25, 0.3) is 10.4 Å². The molecule has 2 atom stereocenters. The summed E-state index contributed by atoms with van der Waals surface area (Å²) < 4.78 is 33.9. The Bertz CT molecular complexity index is 1390. The summed E-state index contributed by atoms with van der Waals surface area (Å²) in [6.45, 7) is 0.713. The molecule has 1 aromatic heterocycles. The molecule has 0 radical (unpaired) electrons. The fourth-order valence-electron chi connectivity index (χ4n) is 4.09. The van der Waals surface area contributed by atoms with Crippen molar-refractivity contribution in [1.82, 2.24) is 9.62 Å². The minimum atomic E-state index is -4.15.